The Bertz CT molecular complexity index is 1030. The molecule has 1 saturated heterocycles. The van der Waals surface area contributed by atoms with Crippen molar-refractivity contribution in [3.8, 4) is 0 Å². The van der Waals surface area contributed by atoms with E-state index in [-0.39, 0.29) is 29.4 Å². The fourth-order valence-electron chi connectivity index (χ4n) is 3.46. The number of thioether (sulfide) groups is 1. The molecule has 0 unspecified atom stereocenters. The zero-order valence-corrected chi connectivity index (χ0v) is 18.7. The second-order valence-corrected chi connectivity index (χ2v) is 11.4. The van der Waals surface area contributed by atoms with Crippen LogP contribution in [-0.2, 0) is 22.1 Å². The molecule has 148 valence electrons. The van der Waals surface area contributed by atoms with Gasteiger partial charge >= 0.3 is 0 Å². The predicted octanol–water partition coefficient (Wildman–Crippen LogP) is 4.51. The number of rotatable bonds is 4. The molecule has 0 spiro atoms. The highest BCUT2D eigenvalue weighted by Crippen LogP contribution is 2.34. The summed E-state index contributed by atoms with van der Waals surface area (Å²) >= 11 is 10.7. The molecular weight excluding hydrogens is 487 g/mol. The molecule has 2 aromatic rings. The molecule has 0 N–H and O–H groups in total. The summed E-state index contributed by atoms with van der Waals surface area (Å²) in [5, 5.41) is 1.42. The summed E-state index contributed by atoms with van der Waals surface area (Å²) in [4.78, 5) is 6.71. The Morgan fingerprint density at radius 2 is 1.96 bits per heavy atom. The van der Waals surface area contributed by atoms with Crippen molar-refractivity contribution in [1.29, 1.82) is 0 Å². The Morgan fingerprint density at radius 1 is 1.21 bits per heavy atom. The lowest BCUT2D eigenvalue weighted by Crippen LogP contribution is -2.38. The molecule has 0 radical (unpaired) electrons. The van der Waals surface area contributed by atoms with Crippen LogP contribution in [-0.4, -0.2) is 42.1 Å². The molecule has 2 aliphatic heterocycles. The van der Waals surface area contributed by atoms with Crippen LogP contribution in [0.25, 0.3) is 0 Å². The van der Waals surface area contributed by atoms with Crippen molar-refractivity contribution in [2.24, 2.45) is 4.99 Å². The zero-order valence-electron chi connectivity index (χ0n) is 14.7. The quantitative estimate of drug-likeness (QED) is 0.616. The molecule has 2 aliphatic rings. The molecule has 2 heterocycles. The number of hydrogen-bond acceptors (Lipinski definition) is 5. The van der Waals surface area contributed by atoms with Crippen molar-refractivity contribution in [1.82, 2.24) is 4.90 Å². The van der Waals surface area contributed by atoms with Gasteiger partial charge in [-0.15, -0.1) is 0 Å². The summed E-state index contributed by atoms with van der Waals surface area (Å²) < 4.78 is 39.0. The van der Waals surface area contributed by atoms with E-state index in [2.05, 4.69) is 20.9 Å². The molecule has 2 aromatic carbocycles. The molecule has 2 atom stereocenters. The van der Waals surface area contributed by atoms with Crippen molar-refractivity contribution in [3.05, 3.63) is 68.9 Å². The Balaban J connectivity index is 1.55. The minimum Gasteiger partial charge on any atom is -0.341 e. The molecule has 0 bridgehead atoms. The van der Waals surface area contributed by atoms with Crippen molar-refractivity contribution in [2.45, 2.75) is 24.4 Å². The van der Waals surface area contributed by atoms with Gasteiger partial charge in [0.05, 0.1) is 23.6 Å². The van der Waals surface area contributed by atoms with Gasteiger partial charge in [0.25, 0.3) is 0 Å². The van der Waals surface area contributed by atoms with E-state index in [1.807, 2.05) is 35.2 Å². The Morgan fingerprint density at radius 3 is 2.68 bits per heavy atom. The number of halogens is 3. The minimum absolute atomic E-state index is 0.0749. The number of hydrogen-bond donors (Lipinski definition) is 0. The largest absolute Gasteiger partial charge is 0.341 e. The standard InChI is InChI=1S/C19H17BrClFN2O2S2/c20-14-4-3-13(16(22)7-14)9-27-19-23-17-10-28(25,26)11-18(17)24(19)8-12-1-5-15(21)6-2-12/h1-7,17-18H,8-11H2/t17-,18-/m0/s1. The van der Waals surface area contributed by atoms with Gasteiger partial charge < -0.3 is 4.90 Å². The summed E-state index contributed by atoms with van der Waals surface area (Å²) in [6.07, 6.45) is 0. The number of amidine groups is 1. The third kappa shape index (κ3) is 4.40. The fourth-order valence-corrected chi connectivity index (χ4v) is 6.89. The van der Waals surface area contributed by atoms with Gasteiger partial charge in [-0.3, -0.25) is 4.99 Å². The maximum atomic E-state index is 14.1. The molecule has 0 amide bonds. The van der Waals surface area contributed by atoms with E-state index in [9.17, 15) is 12.8 Å². The molecule has 28 heavy (non-hydrogen) atoms. The summed E-state index contributed by atoms with van der Waals surface area (Å²) in [5.41, 5.74) is 1.62. The van der Waals surface area contributed by atoms with Gasteiger partial charge in [-0.1, -0.05) is 57.5 Å². The van der Waals surface area contributed by atoms with E-state index < -0.39 is 9.84 Å². The second kappa shape index (κ2) is 7.97. The molecule has 0 aromatic heterocycles. The third-order valence-electron chi connectivity index (χ3n) is 4.85. The summed E-state index contributed by atoms with van der Waals surface area (Å²) in [6, 6.07) is 12.1. The smallest absolute Gasteiger partial charge is 0.160 e. The monoisotopic (exact) mass is 502 g/mol. The SMILES string of the molecule is O=S1(=O)C[C@@H]2N=C(SCc3ccc(Br)cc3F)N(Cc3ccc(Cl)cc3)[C@H]2C1. The summed E-state index contributed by atoms with van der Waals surface area (Å²) in [5.74, 6) is 0.338. The second-order valence-electron chi connectivity index (χ2n) is 6.90. The normalized spacial score (nSPS) is 23.0. The third-order valence-corrected chi connectivity index (χ3v) is 8.35. The molecule has 0 saturated carbocycles. The Hall–Kier alpha value is -1.09. The van der Waals surface area contributed by atoms with Crippen LogP contribution >= 0.6 is 39.3 Å². The lowest BCUT2D eigenvalue weighted by Gasteiger charge is -2.26. The number of nitrogens with zero attached hydrogens (tertiary/aromatic N) is 2. The first kappa shape index (κ1) is 20.2. The van der Waals surface area contributed by atoms with Gasteiger partial charge in [0.15, 0.2) is 15.0 Å². The molecule has 4 rings (SSSR count). The molecule has 0 aliphatic carbocycles. The molecular formula is C19H17BrClFN2O2S2. The predicted molar refractivity (Wildman–Crippen MR) is 116 cm³/mol. The lowest BCUT2D eigenvalue weighted by molar-refractivity contribution is 0.343. The van der Waals surface area contributed by atoms with Gasteiger partial charge in [-0.05, 0) is 35.4 Å². The maximum Gasteiger partial charge on any atom is 0.160 e. The lowest BCUT2D eigenvalue weighted by atomic mass is 10.1. The van der Waals surface area contributed by atoms with Gasteiger partial charge in [-0.25, -0.2) is 12.8 Å². The van der Waals surface area contributed by atoms with Crippen LogP contribution in [0.3, 0.4) is 0 Å². The topological polar surface area (TPSA) is 49.7 Å². The van der Waals surface area contributed by atoms with Crippen molar-refractivity contribution >= 4 is 54.3 Å². The first-order chi connectivity index (χ1) is 13.3. The van der Waals surface area contributed by atoms with Crippen LogP contribution < -0.4 is 0 Å². The number of fused-ring (bicyclic) bond motifs is 1. The van der Waals surface area contributed by atoms with E-state index in [1.54, 1.807) is 6.07 Å². The summed E-state index contributed by atoms with van der Waals surface area (Å²) in [6.45, 7) is 0.544. The van der Waals surface area contributed by atoms with Crippen LogP contribution in [0.2, 0.25) is 5.02 Å². The van der Waals surface area contributed by atoms with E-state index in [0.29, 0.717) is 27.4 Å². The van der Waals surface area contributed by atoms with Crippen LogP contribution in [0.15, 0.2) is 51.9 Å². The first-order valence-corrected chi connectivity index (χ1v) is 12.6. The van der Waals surface area contributed by atoms with E-state index >= 15 is 0 Å². The number of aliphatic imine (C=N–C) groups is 1. The van der Waals surface area contributed by atoms with Crippen LogP contribution in [0.5, 0.6) is 0 Å². The zero-order chi connectivity index (χ0) is 19.9. The van der Waals surface area contributed by atoms with Gasteiger partial charge in [0, 0.05) is 21.8 Å². The number of sulfone groups is 1. The van der Waals surface area contributed by atoms with Crippen LogP contribution in [0.4, 0.5) is 4.39 Å². The van der Waals surface area contributed by atoms with Crippen LogP contribution in [0.1, 0.15) is 11.1 Å². The first-order valence-electron chi connectivity index (χ1n) is 8.67. The van der Waals surface area contributed by atoms with Crippen molar-refractivity contribution < 1.29 is 12.8 Å². The highest BCUT2D eigenvalue weighted by atomic mass is 79.9. The van der Waals surface area contributed by atoms with Crippen molar-refractivity contribution in [2.75, 3.05) is 11.5 Å². The summed E-state index contributed by atoms with van der Waals surface area (Å²) in [7, 11) is -3.08. The molecule has 9 heteroatoms. The number of benzene rings is 2. The molecule has 1 fully saturated rings. The van der Waals surface area contributed by atoms with E-state index in [0.717, 1.165) is 10.7 Å². The van der Waals surface area contributed by atoms with E-state index in [4.69, 9.17) is 11.6 Å². The van der Waals surface area contributed by atoms with Gasteiger partial charge in [0.1, 0.15) is 5.82 Å². The minimum atomic E-state index is -3.08. The van der Waals surface area contributed by atoms with E-state index in [1.165, 1.54) is 17.8 Å². The maximum absolute atomic E-state index is 14.1. The van der Waals surface area contributed by atoms with Gasteiger partial charge in [-0.2, -0.15) is 0 Å². The average molecular weight is 504 g/mol. The van der Waals surface area contributed by atoms with Gasteiger partial charge in [0.2, 0.25) is 0 Å². The highest BCUT2D eigenvalue weighted by Gasteiger charge is 2.46. The van der Waals surface area contributed by atoms with Crippen LogP contribution in [0, 0.1) is 5.82 Å². The van der Waals surface area contributed by atoms with Crippen molar-refractivity contribution in [3.63, 3.8) is 0 Å². The molecule has 4 nitrogen and oxygen atoms in total. The average Bonchev–Trinajstić information content (AvgIpc) is 3.08. The highest BCUT2D eigenvalue weighted by molar-refractivity contribution is 9.10. The fraction of sp³-hybridized carbons (Fsp3) is 0.316. The Labute approximate surface area is 181 Å². The Kier molecular flexibility index (Phi) is 5.75.